The number of fused-ring (bicyclic) bond motifs is 1. The molecule has 8 heteroatoms. The summed E-state index contributed by atoms with van der Waals surface area (Å²) in [5, 5.41) is 5.14. The smallest absolute Gasteiger partial charge is 0.273 e. The summed E-state index contributed by atoms with van der Waals surface area (Å²) in [6.07, 6.45) is 6.17. The first-order chi connectivity index (χ1) is 13.0. The summed E-state index contributed by atoms with van der Waals surface area (Å²) < 4.78 is 2.68. The van der Waals surface area contributed by atoms with Crippen LogP contribution >= 0.6 is 11.6 Å². The Morgan fingerprint density at radius 3 is 2.67 bits per heavy atom. The molecule has 3 rings (SSSR count). The SMILES string of the molecule is CCCC(CCC)C(=O)Nn1cnc2c(cnn2-c2cccc(Cl)c2)c1=O. The van der Waals surface area contributed by atoms with Crippen molar-refractivity contribution in [2.75, 3.05) is 5.43 Å². The number of nitrogens with one attached hydrogen (secondary N) is 1. The zero-order chi connectivity index (χ0) is 19.4. The Morgan fingerprint density at radius 2 is 2.00 bits per heavy atom. The molecule has 0 aliphatic rings. The topological polar surface area (TPSA) is 81.8 Å². The predicted molar refractivity (Wildman–Crippen MR) is 106 cm³/mol. The summed E-state index contributed by atoms with van der Waals surface area (Å²) in [5.74, 6) is -0.277. The minimum Gasteiger partial charge on any atom is -0.273 e. The molecule has 0 spiro atoms. The third-order valence-corrected chi connectivity index (χ3v) is 4.65. The van der Waals surface area contributed by atoms with Gasteiger partial charge in [0.15, 0.2) is 5.65 Å². The normalized spacial score (nSPS) is 11.3. The Hall–Kier alpha value is -2.67. The fraction of sp³-hybridized carbons (Fsp3) is 0.368. The molecule has 1 aromatic carbocycles. The molecule has 0 unspecified atom stereocenters. The highest BCUT2D eigenvalue weighted by molar-refractivity contribution is 6.30. The zero-order valence-electron chi connectivity index (χ0n) is 15.4. The van der Waals surface area contributed by atoms with Gasteiger partial charge in [0, 0.05) is 10.9 Å². The number of halogens is 1. The van der Waals surface area contributed by atoms with Gasteiger partial charge in [-0.05, 0) is 31.0 Å². The largest absolute Gasteiger partial charge is 0.283 e. The van der Waals surface area contributed by atoms with Crippen molar-refractivity contribution in [3.8, 4) is 5.69 Å². The molecule has 0 fully saturated rings. The van der Waals surface area contributed by atoms with E-state index in [2.05, 4.69) is 15.5 Å². The number of amides is 1. The Kier molecular flexibility index (Phi) is 5.91. The molecule has 0 atom stereocenters. The molecule has 0 bridgehead atoms. The maximum Gasteiger partial charge on any atom is 0.283 e. The average molecular weight is 388 g/mol. The minimum absolute atomic E-state index is 0.114. The summed E-state index contributed by atoms with van der Waals surface area (Å²) in [5.41, 5.74) is 3.42. The van der Waals surface area contributed by atoms with Gasteiger partial charge in [0.05, 0.1) is 11.9 Å². The first-order valence-corrected chi connectivity index (χ1v) is 9.45. The van der Waals surface area contributed by atoms with Gasteiger partial charge in [0.25, 0.3) is 5.56 Å². The van der Waals surface area contributed by atoms with Gasteiger partial charge in [-0.3, -0.25) is 15.0 Å². The Labute approximate surface area is 161 Å². The van der Waals surface area contributed by atoms with Crippen LogP contribution in [0.1, 0.15) is 39.5 Å². The van der Waals surface area contributed by atoms with E-state index < -0.39 is 0 Å². The molecule has 0 saturated heterocycles. The van der Waals surface area contributed by atoms with Crippen LogP contribution in [0.2, 0.25) is 5.02 Å². The van der Waals surface area contributed by atoms with Crippen LogP contribution in [0.25, 0.3) is 16.7 Å². The van der Waals surface area contributed by atoms with Gasteiger partial charge in [0.2, 0.25) is 5.91 Å². The molecule has 0 aliphatic carbocycles. The molecule has 27 heavy (non-hydrogen) atoms. The van der Waals surface area contributed by atoms with Gasteiger partial charge in [-0.2, -0.15) is 5.10 Å². The number of rotatable bonds is 7. The highest BCUT2D eigenvalue weighted by atomic mass is 35.5. The second kappa shape index (κ2) is 8.35. The van der Waals surface area contributed by atoms with Crippen LogP contribution in [0.5, 0.6) is 0 Å². The lowest BCUT2D eigenvalue weighted by Crippen LogP contribution is -2.36. The summed E-state index contributed by atoms with van der Waals surface area (Å²) in [4.78, 5) is 29.6. The first kappa shape index (κ1) is 19.1. The number of hydrogen-bond acceptors (Lipinski definition) is 4. The minimum atomic E-state index is -0.367. The van der Waals surface area contributed by atoms with E-state index in [-0.39, 0.29) is 17.4 Å². The van der Waals surface area contributed by atoms with Crippen molar-refractivity contribution < 1.29 is 4.79 Å². The van der Waals surface area contributed by atoms with Crippen LogP contribution in [0.4, 0.5) is 0 Å². The highest BCUT2D eigenvalue weighted by Crippen LogP contribution is 2.18. The lowest BCUT2D eigenvalue weighted by Gasteiger charge is -2.16. The molecule has 3 aromatic rings. The number of nitrogens with zero attached hydrogens (tertiary/aromatic N) is 4. The van der Waals surface area contributed by atoms with Gasteiger partial charge >= 0.3 is 0 Å². The van der Waals surface area contributed by atoms with Crippen molar-refractivity contribution >= 4 is 28.5 Å². The number of carbonyl (C=O) groups is 1. The van der Waals surface area contributed by atoms with Crippen molar-refractivity contribution in [1.29, 1.82) is 0 Å². The molecular formula is C19H22ClN5O2. The zero-order valence-corrected chi connectivity index (χ0v) is 16.1. The van der Waals surface area contributed by atoms with Gasteiger partial charge in [-0.25, -0.2) is 14.3 Å². The molecule has 7 nitrogen and oxygen atoms in total. The van der Waals surface area contributed by atoms with Crippen LogP contribution < -0.4 is 11.0 Å². The number of aromatic nitrogens is 4. The lowest BCUT2D eigenvalue weighted by atomic mass is 9.98. The predicted octanol–water partition coefficient (Wildman–Crippen LogP) is 3.52. The molecule has 0 saturated carbocycles. The molecule has 1 amide bonds. The summed E-state index contributed by atoms with van der Waals surface area (Å²) in [6.45, 7) is 4.08. The van der Waals surface area contributed by atoms with Crippen molar-refractivity contribution in [2.45, 2.75) is 39.5 Å². The summed E-state index contributed by atoms with van der Waals surface area (Å²) in [7, 11) is 0. The van der Waals surface area contributed by atoms with Crippen molar-refractivity contribution in [2.24, 2.45) is 5.92 Å². The average Bonchev–Trinajstić information content (AvgIpc) is 3.08. The van der Waals surface area contributed by atoms with Crippen LogP contribution in [0, 0.1) is 5.92 Å². The van der Waals surface area contributed by atoms with Crippen LogP contribution in [0.3, 0.4) is 0 Å². The third-order valence-electron chi connectivity index (χ3n) is 4.42. The third kappa shape index (κ3) is 4.03. The monoisotopic (exact) mass is 387 g/mol. The molecule has 142 valence electrons. The molecule has 0 aliphatic heterocycles. The van der Waals surface area contributed by atoms with Crippen LogP contribution in [-0.2, 0) is 4.79 Å². The quantitative estimate of drug-likeness (QED) is 0.672. The van der Waals surface area contributed by atoms with E-state index in [9.17, 15) is 9.59 Å². The van der Waals surface area contributed by atoms with E-state index in [0.29, 0.717) is 21.7 Å². The second-order valence-electron chi connectivity index (χ2n) is 6.44. The maximum atomic E-state index is 12.7. The van der Waals surface area contributed by atoms with E-state index in [4.69, 9.17) is 11.6 Å². The maximum absolute atomic E-state index is 12.7. The van der Waals surface area contributed by atoms with E-state index in [1.54, 1.807) is 22.9 Å². The van der Waals surface area contributed by atoms with Crippen LogP contribution in [0.15, 0.2) is 41.6 Å². The van der Waals surface area contributed by atoms with E-state index >= 15 is 0 Å². The molecule has 2 heterocycles. The van der Waals surface area contributed by atoms with Gasteiger partial charge < -0.3 is 0 Å². The molecule has 0 radical (unpaired) electrons. The second-order valence-corrected chi connectivity index (χ2v) is 6.88. The molecular weight excluding hydrogens is 366 g/mol. The highest BCUT2D eigenvalue weighted by Gasteiger charge is 2.18. The van der Waals surface area contributed by atoms with E-state index in [0.717, 1.165) is 30.4 Å². The summed E-state index contributed by atoms with van der Waals surface area (Å²) >= 11 is 6.03. The van der Waals surface area contributed by atoms with E-state index in [1.807, 2.05) is 19.9 Å². The van der Waals surface area contributed by atoms with Crippen molar-refractivity contribution in [1.82, 2.24) is 19.4 Å². The number of carbonyl (C=O) groups excluding carboxylic acids is 1. The van der Waals surface area contributed by atoms with E-state index in [1.165, 1.54) is 12.5 Å². The van der Waals surface area contributed by atoms with Crippen molar-refractivity contribution in [3.05, 3.63) is 52.2 Å². The summed E-state index contributed by atoms with van der Waals surface area (Å²) in [6, 6.07) is 7.13. The van der Waals surface area contributed by atoms with Crippen molar-refractivity contribution in [3.63, 3.8) is 0 Å². The Balaban J connectivity index is 1.92. The fourth-order valence-electron chi connectivity index (χ4n) is 3.10. The van der Waals surface area contributed by atoms with Gasteiger partial charge in [0.1, 0.15) is 11.7 Å². The standard InChI is InChI=1S/C19H22ClN5O2/c1-3-6-13(7-4-2)18(26)23-24-12-21-17-16(19(24)27)11-22-25(17)15-9-5-8-14(20)10-15/h5,8-13H,3-4,6-7H2,1-2H3,(H,23,26). The first-order valence-electron chi connectivity index (χ1n) is 9.07. The molecule has 2 aromatic heterocycles. The number of benzene rings is 1. The Bertz CT molecular complexity index is 1000. The lowest BCUT2D eigenvalue weighted by molar-refractivity contribution is -0.121. The number of hydrogen-bond donors (Lipinski definition) is 1. The van der Waals surface area contributed by atoms with Crippen LogP contribution in [-0.4, -0.2) is 25.3 Å². The Morgan fingerprint density at radius 1 is 1.26 bits per heavy atom. The molecule has 1 N–H and O–H groups in total. The fourth-order valence-corrected chi connectivity index (χ4v) is 3.29. The van der Waals surface area contributed by atoms with Gasteiger partial charge in [-0.15, -0.1) is 0 Å². The van der Waals surface area contributed by atoms with Gasteiger partial charge in [-0.1, -0.05) is 44.4 Å².